The maximum atomic E-state index is 12.2. The Hall–Kier alpha value is -3.15. The number of hydrogen-bond acceptors (Lipinski definition) is 5. The van der Waals surface area contributed by atoms with Crippen LogP contribution < -0.4 is 11.1 Å². The monoisotopic (exact) mass is 280 g/mol. The van der Waals surface area contributed by atoms with Crippen LogP contribution in [-0.4, -0.2) is 21.0 Å². The Kier molecular flexibility index (Phi) is 3.12. The number of nitrogens with two attached hydrogens (primary N) is 1. The number of nitrogen functional groups attached to an aromatic ring is 1. The normalized spacial score (nSPS) is 10.5. The van der Waals surface area contributed by atoms with Gasteiger partial charge in [0.25, 0.3) is 5.91 Å². The minimum absolute atomic E-state index is 0.0477. The van der Waals surface area contributed by atoms with E-state index in [1.165, 1.54) is 12.1 Å². The highest BCUT2D eigenvalue weighted by Gasteiger charge is 2.09. The quantitative estimate of drug-likeness (QED) is 0.493. The summed E-state index contributed by atoms with van der Waals surface area (Å²) >= 11 is 0. The molecule has 0 fully saturated rings. The molecular formula is C15H12N4O2. The van der Waals surface area contributed by atoms with Crippen molar-refractivity contribution in [1.29, 1.82) is 0 Å². The Morgan fingerprint density at radius 2 is 1.81 bits per heavy atom. The number of carbonyl (C=O) groups is 1. The highest BCUT2D eigenvalue weighted by molar-refractivity contribution is 6.07. The predicted octanol–water partition coefficient (Wildman–Crippen LogP) is 2.17. The molecule has 0 saturated heterocycles. The van der Waals surface area contributed by atoms with Crippen molar-refractivity contribution in [2.24, 2.45) is 0 Å². The van der Waals surface area contributed by atoms with Crippen LogP contribution in [0.2, 0.25) is 0 Å². The van der Waals surface area contributed by atoms with Crippen LogP contribution in [0.4, 0.5) is 11.4 Å². The van der Waals surface area contributed by atoms with Gasteiger partial charge in [0.1, 0.15) is 5.75 Å². The van der Waals surface area contributed by atoms with E-state index in [4.69, 9.17) is 5.73 Å². The summed E-state index contributed by atoms with van der Waals surface area (Å²) in [5, 5.41) is 12.0. The molecule has 0 radical (unpaired) electrons. The van der Waals surface area contributed by atoms with E-state index in [-0.39, 0.29) is 11.7 Å². The first-order valence-electron chi connectivity index (χ1n) is 6.24. The number of amides is 1. The molecule has 0 aliphatic rings. The Labute approximate surface area is 120 Å². The van der Waals surface area contributed by atoms with Crippen molar-refractivity contribution in [2.75, 3.05) is 11.1 Å². The third-order valence-electron chi connectivity index (χ3n) is 3.01. The van der Waals surface area contributed by atoms with Gasteiger partial charge < -0.3 is 16.2 Å². The molecule has 0 aliphatic carbocycles. The lowest BCUT2D eigenvalue weighted by Gasteiger charge is -2.08. The van der Waals surface area contributed by atoms with E-state index in [2.05, 4.69) is 15.3 Å². The molecule has 0 unspecified atom stereocenters. The molecule has 104 valence electrons. The Morgan fingerprint density at radius 3 is 2.57 bits per heavy atom. The molecule has 1 aromatic heterocycles. The van der Waals surface area contributed by atoms with Crippen LogP contribution >= 0.6 is 0 Å². The third kappa shape index (κ3) is 2.59. The molecule has 0 spiro atoms. The first kappa shape index (κ1) is 12.9. The number of phenols is 1. The third-order valence-corrected chi connectivity index (χ3v) is 3.01. The molecule has 0 aliphatic heterocycles. The maximum Gasteiger partial charge on any atom is 0.255 e. The van der Waals surface area contributed by atoms with Gasteiger partial charge in [0.15, 0.2) is 0 Å². The van der Waals surface area contributed by atoms with Crippen molar-refractivity contribution in [3.8, 4) is 5.75 Å². The zero-order chi connectivity index (χ0) is 14.8. The Morgan fingerprint density at radius 1 is 1.05 bits per heavy atom. The summed E-state index contributed by atoms with van der Waals surface area (Å²) in [5.74, 6) is -0.258. The summed E-state index contributed by atoms with van der Waals surface area (Å²) in [6, 6.07) is 9.44. The maximum absolute atomic E-state index is 12.2. The van der Waals surface area contributed by atoms with E-state index in [1.807, 2.05) is 0 Å². The fourth-order valence-electron chi connectivity index (χ4n) is 1.96. The number of benzene rings is 2. The van der Waals surface area contributed by atoms with E-state index in [0.29, 0.717) is 22.5 Å². The molecule has 3 rings (SSSR count). The minimum atomic E-state index is -0.306. The van der Waals surface area contributed by atoms with Crippen molar-refractivity contribution >= 4 is 28.3 Å². The second-order valence-electron chi connectivity index (χ2n) is 4.49. The molecule has 0 bridgehead atoms. The zero-order valence-corrected chi connectivity index (χ0v) is 10.9. The van der Waals surface area contributed by atoms with Gasteiger partial charge in [-0.05, 0) is 30.3 Å². The first-order valence-corrected chi connectivity index (χ1v) is 6.24. The van der Waals surface area contributed by atoms with E-state index in [9.17, 15) is 9.90 Å². The molecule has 1 heterocycles. The number of rotatable bonds is 2. The lowest BCUT2D eigenvalue weighted by atomic mass is 10.1. The van der Waals surface area contributed by atoms with Gasteiger partial charge in [-0.25, -0.2) is 0 Å². The van der Waals surface area contributed by atoms with Gasteiger partial charge in [0, 0.05) is 24.0 Å². The number of fused-ring (bicyclic) bond motifs is 1. The molecule has 6 heteroatoms. The fraction of sp³-hybridized carbons (Fsp3) is 0. The van der Waals surface area contributed by atoms with Gasteiger partial charge >= 0.3 is 0 Å². The fourth-order valence-corrected chi connectivity index (χ4v) is 1.96. The van der Waals surface area contributed by atoms with Crippen molar-refractivity contribution in [3.63, 3.8) is 0 Å². The van der Waals surface area contributed by atoms with Crippen LogP contribution in [0.5, 0.6) is 5.75 Å². The Bertz CT molecular complexity index is 833. The number of nitrogens with zero attached hydrogens (tertiary/aromatic N) is 2. The van der Waals surface area contributed by atoms with Crippen LogP contribution in [0.1, 0.15) is 10.4 Å². The molecule has 4 N–H and O–H groups in total. The summed E-state index contributed by atoms with van der Waals surface area (Å²) in [5.41, 5.74) is 8.30. The van der Waals surface area contributed by atoms with Gasteiger partial charge in [0.2, 0.25) is 0 Å². The van der Waals surface area contributed by atoms with Crippen LogP contribution in [0.15, 0.2) is 48.8 Å². The lowest BCUT2D eigenvalue weighted by molar-refractivity contribution is 0.102. The standard InChI is InChI=1S/C15H12N4O2/c16-11-8-10(20)2-4-12(11)19-15(21)9-1-3-13-14(7-9)18-6-5-17-13/h1-8,20H,16H2,(H,19,21). The highest BCUT2D eigenvalue weighted by atomic mass is 16.3. The van der Waals surface area contributed by atoms with E-state index in [0.717, 1.165) is 5.52 Å². The summed E-state index contributed by atoms with van der Waals surface area (Å²) in [6.07, 6.45) is 3.17. The largest absolute Gasteiger partial charge is 0.508 e. The molecule has 6 nitrogen and oxygen atoms in total. The van der Waals surface area contributed by atoms with Crippen LogP contribution in [0.25, 0.3) is 11.0 Å². The molecular weight excluding hydrogens is 268 g/mol. The van der Waals surface area contributed by atoms with Gasteiger partial charge in [-0.15, -0.1) is 0 Å². The second kappa shape index (κ2) is 5.09. The summed E-state index contributed by atoms with van der Waals surface area (Å²) in [4.78, 5) is 20.5. The topological polar surface area (TPSA) is 101 Å². The first-order chi connectivity index (χ1) is 10.1. The molecule has 1 amide bonds. The average molecular weight is 280 g/mol. The Balaban J connectivity index is 1.89. The van der Waals surface area contributed by atoms with Gasteiger partial charge in [-0.3, -0.25) is 14.8 Å². The molecule has 21 heavy (non-hydrogen) atoms. The van der Waals surface area contributed by atoms with Gasteiger partial charge in [0.05, 0.1) is 22.4 Å². The van der Waals surface area contributed by atoms with Crippen LogP contribution in [0.3, 0.4) is 0 Å². The lowest BCUT2D eigenvalue weighted by Crippen LogP contribution is -2.13. The number of anilines is 2. The zero-order valence-electron chi connectivity index (χ0n) is 10.9. The molecule has 0 saturated carbocycles. The second-order valence-corrected chi connectivity index (χ2v) is 4.49. The van der Waals surface area contributed by atoms with Crippen molar-refractivity contribution in [1.82, 2.24) is 9.97 Å². The number of carbonyl (C=O) groups excluding carboxylic acids is 1. The number of aromatic hydroxyl groups is 1. The van der Waals surface area contributed by atoms with Crippen molar-refractivity contribution in [3.05, 3.63) is 54.4 Å². The van der Waals surface area contributed by atoms with Gasteiger partial charge in [-0.1, -0.05) is 0 Å². The molecule has 0 atom stereocenters. The van der Waals surface area contributed by atoms with Crippen LogP contribution in [-0.2, 0) is 0 Å². The van der Waals surface area contributed by atoms with Crippen molar-refractivity contribution < 1.29 is 9.90 Å². The smallest absolute Gasteiger partial charge is 0.255 e. The van der Waals surface area contributed by atoms with E-state index in [1.54, 1.807) is 36.7 Å². The predicted molar refractivity (Wildman–Crippen MR) is 80.0 cm³/mol. The van der Waals surface area contributed by atoms with Gasteiger partial charge in [-0.2, -0.15) is 0 Å². The number of aromatic nitrogens is 2. The summed E-state index contributed by atoms with van der Waals surface area (Å²) in [7, 11) is 0. The minimum Gasteiger partial charge on any atom is -0.508 e. The number of nitrogens with one attached hydrogen (secondary N) is 1. The highest BCUT2D eigenvalue weighted by Crippen LogP contribution is 2.24. The number of hydrogen-bond donors (Lipinski definition) is 3. The summed E-state index contributed by atoms with van der Waals surface area (Å²) < 4.78 is 0. The number of phenolic OH excluding ortho intramolecular Hbond substituents is 1. The van der Waals surface area contributed by atoms with E-state index >= 15 is 0 Å². The van der Waals surface area contributed by atoms with Crippen molar-refractivity contribution in [2.45, 2.75) is 0 Å². The molecule has 3 aromatic rings. The average Bonchev–Trinajstić information content (AvgIpc) is 2.49. The summed E-state index contributed by atoms with van der Waals surface area (Å²) in [6.45, 7) is 0. The molecule has 2 aromatic carbocycles. The van der Waals surface area contributed by atoms with E-state index < -0.39 is 0 Å². The SMILES string of the molecule is Nc1cc(O)ccc1NC(=O)c1ccc2nccnc2c1. The van der Waals surface area contributed by atoms with Crippen LogP contribution in [0, 0.1) is 0 Å².